The highest BCUT2D eigenvalue weighted by molar-refractivity contribution is 14.1. The molecule has 0 bridgehead atoms. The number of piperidine rings is 1. The van der Waals surface area contributed by atoms with Crippen molar-refractivity contribution < 1.29 is 4.79 Å². The second-order valence-electron chi connectivity index (χ2n) is 4.94. The van der Waals surface area contributed by atoms with Gasteiger partial charge in [-0.1, -0.05) is 18.5 Å². The van der Waals surface area contributed by atoms with Gasteiger partial charge in [-0.2, -0.15) is 0 Å². The van der Waals surface area contributed by atoms with Crippen molar-refractivity contribution in [2.45, 2.75) is 19.4 Å². The average molecular weight is 379 g/mol. The van der Waals surface area contributed by atoms with E-state index >= 15 is 0 Å². The molecule has 1 aromatic rings. The Labute approximate surface area is 126 Å². The number of carbonyl (C=O) groups excluding carboxylic acids is 1. The molecule has 1 aliphatic rings. The molecule has 1 fully saturated rings. The Bertz CT molecular complexity index is 456. The largest absolute Gasteiger partial charge is 0.337 e. The van der Waals surface area contributed by atoms with Gasteiger partial charge in [0.1, 0.15) is 0 Å². The van der Waals surface area contributed by atoms with Gasteiger partial charge in [0.15, 0.2) is 0 Å². The van der Waals surface area contributed by atoms with Crippen LogP contribution in [0.2, 0.25) is 5.02 Å². The maximum Gasteiger partial charge on any atom is 0.253 e. The molecular formula is C13H16ClIN2O. The van der Waals surface area contributed by atoms with Crippen molar-refractivity contribution >= 4 is 40.1 Å². The first-order valence-corrected chi connectivity index (χ1v) is 7.43. The first kappa shape index (κ1) is 14.1. The normalized spacial score (nSPS) is 24.1. The molecule has 0 spiro atoms. The number of carbonyl (C=O) groups is 1. The van der Waals surface area contributed by atoms with E-state index in [0.29, 0.717) is 23.0 Å². The summed E-state index contributed by atoms with van der Waals surface area (Å²) in [4.78, 5) is 14.2. The van der Waals surface area contributed by atoms with Crippen LogP contribution in [0.15, 0.2) is 18.2 Å². The lowest BCUT2D eigenvalue weighted by Gasteiger charge is -2.34. The van der Waals surface area contributed by atoms with Crippen molar-refractivity contribution in [3.05, 3.63) is 32.4 Å². The van der Waals surface area contributed by atoms with Crippen LogP contribution in [0.1, 0.15) is 23.7 Å². The third-order valence-electron chi connectivity index (χ3n) is 3.15. The van der Waals surface area contributed by atoms with E-state index in [1.54, 1.807) is 6.07 Å². The smallest absolute Gasteiger partial charge is 0.253 e. The van der Waals surface area contributed by atoms with Crippen LogP contribution >= 0.6 is 34.2 Å². The van der Waals surface area contributed by atoms with Gasteiger partial charge in [0, 0.05) is 28.3 Å². The van der Waals surface area contributed by atoms with Gasteiger partial charge in [-0.15, -0.1) is 0 Å². The fourth-order valence-corrected chi connectivity index (χ4v) is 2.89. The highest BCUT2D eigenvalue weighted by Crippen LogP contribution is 2.22. The highest BCUT2D eigenvalue weighted by Gasteiger charge is 2.26. The minimum atomic E-state index is 0.0234. The van der Waals surface area contributed by atoms with Crippen LogP contribution < -0.4 is 5.73 Å². The summed E-state index contributed by atoms with van der Waals surface area (Å²) in [6.45, 7) is 3.53. The van der Waals surface area contributed by atoms with Crippen LogP contribution in [0.3, 0.4) is 0 Å². The Morgan fingerprint density at radius 1 is 1.50 bits per heavy atom. The summed E-state index contributed by atoms with van der Waals surface area (Å²) in [7, 11) is 0. The quantitative estimate of drug-likeness (QED) is 0.764. The van der Waals surface area contributed by atoms with Gasteiger partial charge in [-0.3, -0.25) is 4.79 Å². The summed E-state index contributed by atoms with van der Waals surface area (Å²) in [5.74, 6) is 0.479. The minimum Gasteiger partial charge on any atom is -0.337 e. The monoisotopic (exact) mass is 378 g/mol. The summed E-state index contributed by atoms with van der Waals surface area (Å²) < 4.78 is 0.953. The van der Waals surface area contributed by atoms with Crippen molar-refractivity contribution in [1.29, 1.82) is 0 Å². The standard InChI is InChI=1S/C13H16ClIN2O/c1-8-4-10(16)7-17(6-8)13(18)9-2-3-12(15)11(14)5-9/h2-3,5,8,10H,4,6-7,16H2,1H3. The molecule has 0 aromatic heterocycles. The molecule has 1 aliphatic heterocycles. The van der Waals surface area contributed by atoms with Crippen molar-refractivity contribution in [3.63, 3.8) is 0 Å². The number of hydrogen-bond donors (Lipinski definition) is 1. The van der Waals surface area contributed by atoms with Gasteiger partial charge < -0.3 is 10.6 Å². The fourth-order valence-electron chi connectivity index (χ4n) is 2.38. The molecule has 1 saturated heterocycles. The predicted molar refractivity (Wildman–Crippen MR) is 81.8 cm³/mol. The van der Waals surface area contributed by atoms with E-state index in [4.69, 9.17) is 17.3 Å². The van der Waals surface area contributed by atoms with E-state index in [0.717, 1.165) is 16.5 Å². The van der Waals surface area contributed by atoms with Crippen molar-refractivity contribution in [2.24, 2.45) is 11.7 Å². The van der Waals surface area contributed by atoms with Crippen LogP contribution in [0.25, 0.3) is 0 Å². The third kappa shape index (κ3) is 3.16. The molecule has 18 heavy (non-hydrogen) atoms. The number of benzene rings is 1. The molecule has 3 nitrogen and oxygen atoms in total. The Morgan fingerprint density at radius 2 is 2.22 bits per heavy atom. The molecule has 0 aliphatic carbocycles. The van der Waals surface area contributed by atoms with E-state index < -0.39 is 0 Å². The second kappa shape index (κ2) is 5.75. The number of likely N-dealkylation sites (tertiary alicyclic amines) is 1. The van der Waals surface area contributed by atoms with Crippen LogP contribution in [-0.2, 0) is 0 Å². The summed E-state index contributed by atoms with van der Waals surface area (Å²) in [6, 6.07) is 5.50. The first-order chi connectivity index (χ1) is 8.47. The average Bonchev–Trinajstić information content (AvgIpc) is 2.30. The van der Waals surface area contributed by atoms with E-state index in [2.05, 4.69) is 29.5 Å². The van der Waals surface area contributed by atoms with Crippen molar-refractivity contribution in [2.75, 3.05) is 13.1 Å². The number of halogens is 2. The van der Waals surface area contributed by atoms with Gasteiger partial charge in [0.25, 0.3) is 5.91 Å². The van der Waals surface area contributed by atoms with Gasteiger partial charge in [0.05, 0.1) is 5.02 Å². The minimum absolute atomic E-state index is 0.0234. The molecular weight excluding hydrogens is 363 g/mol. The maximum atomic E-state index is 12.4. The number of amides is 1. The van der Waals surface area contributed by atoms with Crippen LogP contribution in [-0.4, -0.2) is 29.9 Å². The Balaban J connectivity index is 2.17. The molecule has 2 N–H and O–H groups in total. The summed E-state index contributed by atoms with van der Waals surface area (Å²) in [5, 5.41) is 0.621. The molecule has 5 heteroatoms. The molecule has 2 rings (SSSR count). The lowest BCUT2D eigenvalue weighted by Crippen LogP contribution is -2.48. The number of nitrogens with zero attached hydrogens (tertiary/aromatic N) is 1. The number of hydrogen-bond acceptors (Lipinski definition) is 2. The molecule has 2 unspecified atom stereocenters. The van der Waals surface area contributed by atoms with Crippen molar-refractivity contribution in [1.82, 2.24) is 4.90 Å². The molecule has 1 amide bonds. The SMILES string of the molecule is CC1CC(N)CN(C(=O)c2ccc(I)c(Cl)c2)C1. The third-order valence-corrected chi connectivity index (χ3v) is 4.72. The zero-order valence-electron chi connectivity index (χ0n) is 10.2. The Morgan fingerprint density at radius 3 is 2.83 bits per heavy atom. The molecule has 0 saturated carbocycles. The second-order valence-corrected chi connectivity index (χ2v) is 6.51. The van der Waals surface area contributed by atoms with Crippen molar-refractivity contribution in [3.8, 4) is 0 Å². The summed E-state index contributed by atoms with van der Waals surface area (Å²) >= 11 is 8.20. The Kier molecular flexibility index (Phi) is 4.50. The molecule has 1 aromatic carbocycles. The van der Waals surface area contributed by atoms with Crippen LogP contribution in [0.4, 0.5) is 0 Å². The summed E-state index contributed by atoms with van der Waals surface area (Å²) in [6.07, 6.45) is 0.983. The lowest BCUT2D eigenvalue weighted by molar-refractivity contribution is 0.0661. The van der Waals surface area contributed by atoms with E-state index in [9.17, 15) is 4.79 Å². The number of rotatable bonds is 1. The highest BCUT2D eigenvalue weighted by atomic mass is 127. The van der Waals surface area contributed by atoms with Crippen LogP contribution in [0, 0.1) is 9.49 Å². The molecule has 2 atom stereocenters. The number of nitrogens with two attached hydrogens (primary N) is 1. The maximum absolute atomic E-state index is 12.4. The van der Waals surface area contributed by atoms with Gasteiger partial charge >= 0.3 is 0 Å². The predicted octanol–water partition coefficient (Wildman–Crippen LogP) is 2.75. The zero-order valence-corrected chi connectivity index (χ0v) is 13.1. The topological polar surface area (TPSA) is 46.3 Å². The summed E-state index contributed by atoms with van der Waals surface area (Å²) in [5.41, 5.74) is 6.60. The van der Waals surface area contributed by atoms with E-state index in [1.165, 1.54) is 0 Å². The molecule has 98 valence electrons. The van der Waals surface area contributed by atoms with Crippen LogP contribution in [0.5, 0.6) is 0 Å². The van der Waals surface area contributed by atoms with E-state index in [-0.39, 0.29) is 11.9 Å². The van der Waals surface area contributed by atoms with Gasteiger partial charge in [-0.25, -0.2) is 0 Å². The molecule has 0 radical (unpaired) electrons. The first-order valence-electron chi connectivity index (χ1n) is 5.97. The van der Waals surface area contributed by atoms with Gasteiger partial charge in [0.2, 0.25) is 0 Å². The van der Waals surface area contributed by atoms with E-state index in [1.807, 2.05) is 17.0 Å². The lowest BCUT2D eigenvalue weighted by atomic mass is 9.96. The van der Waals surface area contributed by atoms with Gasteiger partial charge in [-0.05, 0) is 53.1 Å². The Hall–Kier alpha value is -0.330. The fraction of sp³-hybridized carbons (Fsp3) is 0.462. The zero-order chi connectivity index (χ0) is 13.3. The molecule has 1 heterocycles.